The highest BCUT2D eigenvalue weighted by atomic mass is 32.2. The number of anilines is 1. The van der Waals surface area contributed by atoms with E-state index in [0.29, 0.717) is 43.7 Å². The SMILES string of the molecule is CCOc1cc(NC(=NC)NCCN2CCS(=O)(=O)CC2)ccc1OC. The van der Waals surface area contributed by atoms with Crippen LogP contribution in [0.5, 0.6) is 11.5 Å². The number of nitrogens with zero attached hydrogens (tertiary/aromatic N) is 2. The maximum atomic E-state index is 11.5. The van der Waals surface area contributed by atoms with Crippen LogP contribution in [-0.2, 0) is 9.84 Å². The molecule has 0 saturated carbocycles. The number of hydrogen-bond donors (Lipinski definition) is 2. The van der Waals surface area contributed by atoms with Crippen molar-refractivity contribution in [2.24, 2.45) is 4.99 Å². The van der Waals surface area contributed by atoms with E-state index in [1.807, 2.05) is 25.1 Å². The molecule has 1 saturated heterocycles. The number of hydrogen-bond acceptors (Lipinski definition) is 6. The van der Waals surface area contributed by atoms with Gasteiger partial charge < -0.3 is 20.1 Å². The molecule has 0 atom stereocenters. The fourth-order valence-electron chi connectivity index (χ4n) is 2.64. The number of methoxy groups -OCH3 is 1. The van der Waals surface area contributed by atoms with Crippen molar-refractivity contribution in [3.05, 3.63) is 18.2 Å². The zero-order valence-electron chi connectivity index (χ0n) is 15.6. The molecule has 8 nitrogen and oxygen atoms in total. The van der Waals surface area contributed by atoms with E-state index in [-0.39, 0.29) is 11.5 Å². The first-order chi connectivity index (χ1) is 12.5. The molecule has 2 rings (SSSR count). The summed E-state index contributed by atoms with van der Waals surface area (Å²) in [6, 6.07) is 5.60. The number of nitrogens with one attached hydrogen (secondary N) is 2. The summed E-state index contributed by atoms with van der Waals surface area (Å²) in [7, 11) is 0.475. The number of aliphatic imine (C=N–C) groups is 1. The lowest BCUT2D eigenvalue weighted by atomic mass is 10.2. The molecule has 0 radical (unpaired) electrons. The Labute approximate surface area is 155 Å². The van der Waals surface area contributed by atoms with E-state index in [9.17, 15) is 8.42 Å². The molecule has 2 N–H and O–H groups in total. The van der Waals surface area contributed by atoms with Crippen molar-refractivity contribution in [2.45, 2.75) is 6.92 Å². The second kappa shape index (κ2) is 9.63. The first-order valence-electron chi connectivity index (χ1n) is 8.68. The van der Waals surface area contributed by atoms with Gasteiger partial charge in [-0.25, -0.2) is 8.42 Å². The van der Waals surface area contributed by atoms with E-state index in [2.05, 4.69) is 20.5 Å². The van der Waals surface area contributed by atoms with Gasteiger partial charge in [0.25, 0.3) is 0 Å². The molecule has 1 aromatic carbocycles. The molecule has 0 bridgehead atoms. The van der Waals surface area contributed by atoms with Crippen molar-refractivity contribution in [3.63, 3.8) is 0 Å². The van der Waals surface area contributed by atoms with Gasteiger partial charge in [0.1, 0.15) is 0 Å². The van der Waals surface area contributed by atoms with E-state index in [1.54, 1.807) is 14.2 Å². The van der Waals surface area contributed by atoms with Crippen LogP contribution in [0.2, 0.25) is 0 Å². The van der Waals surface area contributed by atoms with Crippen LogP contribution in [0, 0.1) is 0 Å². The van der Waals surface area contributed by atoms with Gasteiger partial charge in [0.2, 0.25) is 0 Å². The van der Waals surface area contributed by atoms with E-state index in [0.717, 1.165) is 12.2 Å². The number of sulfone groups is 1. The summed E-state index contributed by atoms with van der Waals surface area (Å²) in [5, 5.41) is 6.46. The summed E-state index contributed by atoms with van der Waals surface area (Å²) < 4.78 is 33.8. The summed E-state index contributed by atoms with van der Waals surface area (Å²) in [4.78, 5) is 6.36. The zero-order chi connectivity index (χ0) is 19.0. The Kier molecular flexibility index (Phi) is 7.52. The molecule has 26 heavy (non-hydrogen) atoms. The van der Waals surface area contributed by atoms with Crippen molar-refractivity contribution in [1.82, 2.24) is 10.2 Å². The van der Waals surface area contributed by atoms with Gasteiger partial charge in [-0.3, -0.25) is 9.89 Å². The minimum atomic E-state index is -2.84. The quantitative estimate of drug-likeness (QED) is 0.531. The van der Waals surface area contributed by atoms with Crippen LogP contribution < -0.4 is 20.1 Å². The lowest BCUT2D eigenvalue weighted by Gasteiger charge is -2.26. The van der Waals surface area contributed by atoms with E-state index in [1.165, 1.54) is 0 Å². The third-order valence-electron chi connectivity index (χ3n) is 4.11. The molecule has 9 heteroatoms. The van der Waals surface area contributed by atoms with Crippen LogP contribution in [-0.4, -0.2) is 77.7 Å². The maximum Gasteiger partial charge on any atom is 0.195 e. The molecule has 1 heterocycles. The molecular formula is C17H28N4O4S. The Morgan fingerprint density at radius 2 is 2.00 bits per heavy atom. The van der Waals surface area contributed by atoms with Crippen molar-refractivity contribution in [1.29, 1.82) is 0 Å². The van der Waals surface area contributed by atoms with Gasteiger partial charge in [-0.05, 0) is 19.1 Å². The van der Waals surface area contributed by atoms with Gasteiger partial charge in [-0.15, -0.1) is 0 Å². The minimum absolute atomic E-state index is 0.242. The molecule has 1 aliphatic heterocycles. The molecule has 1 aromatic rings. The highest BCUT2D eigenvalue weighted by molar-refractivity contribution is 7.91. The molecule has 146 valence electrons. The Morgan fingerprint density at radius 3 is 2.62 bits per heavy atom. The van der Waals surface area contributed by atoms with Crippen LogP contribution in [0.15, 0.2) is 23.2 Å². The highest BCUT2D eigenvalue weighted by Crippen LogP contribution is 2.30. The summed E-state index contributed by atoms with van der Waals surface area (Å²) in [5.74, 6) is 2.48. The Hall–Kier alpha value is -2.00. The zero-order valence-corrected chi connectivity index (χ0v) is 16.4. The highest BCUT2D eigenvalue weighted by Gasteiger charge is 2.20. The summed E-state index contributed by atoms with van der Waals surface area (Å²) >= 11 is 0. The first-order valence-corrected chi connectivity index (χ1v) is 10.5. The second-order valence-electron chi connectivity index (χ2n) is 5.92. The largest absolute Gasteiger partial charge is 0.493 e. The Balaban J connectivity index is 1.85. The van der Waals surface area contributed by atoms with Crippen LogP contribution >= 0.6 is 0 Å². The van der Waals surface area contributed by atoms with Gasteiger partial charge in [0.05, 0.1) is 25.2 Å². The Morgan fingerprint density at radius 1 is 1.27 bits per heavy atom. The third kappa shape index (κ3) is 6.06. The molecule has 0 aliphatic carbocycles. The monoisotopic (exact) mass is 384 g/mol. The fourth-order valence-corrected chi connectivity index (χ4v) is 3.92. The van der Waals surface area contributed by atoms with Gasteiger partial charge in [-0.1, -0.05) is 0 Å². The normalized spacial score (nSPS) is 17.6. The standard InChI is InChI=1S/C17H28N4O4S/c1-4-25-16-13-14(5-6-15(16)24-3)20-17(18-2)19-7-8-21-9-11-26(22,23)12-10-21/h5-6,13H,4,7-12H2,1-3H3,(H2,18,19,20). The smallest absolute Gasteiger partial charge is 0.195 e. The topological polar surface area (TPSA) is 92.3 Å². The summed E-state index contributed by atoms with van der Waals surface area (Å²) in [5.41, 5.74) is 0.839. The average Bonchev–Trinajstić information content (AvgIpc) is 2.62. The third-order valence-corrected chi connectivity index (χ3v) is 5.72. The molecule has 0 spiro atoms. The summed E-state index contributed by atoms with van der Waals surface area (Å²) in [6.07, 6.45) is 0. The lowest BCUT2D eigenvalue weighted by molar-refractivity contribution is 0.300. The van der Waals surface area contributed by atoms with Crippen molar-refractivity contribution >= 4 is 21.5 Å². The predicted octanol–water partition coefficient (Wildman–Crippen LogP) is 0.812. The average molecular weight is 385 g/mol. The minimum Gasteiger partial charge on any atom is -0.493 e. The van der Waals surface area contributed by atoms with Crippen LogP contribution in [0.3, 0.4) is 0 Å². The fraction of sp³-hybridized carbons (Fsp3) is 0.588. The van der Waals surface area contributed by atoms with Crippen LogP contribution in [0.1, 0.15) is 6.92 Å². The van der Waals surface area contributed by atoms with Crippen molar-refractivity contribution in [2.75, 3.05) is 63.8 Å². The molecular weight excluding hydrogens is 356 g/mol. The number of benzene rings is 1. The summed E-state index contributed by atoms with van der Waals surface area (Å²) in [6.45, 7) is 5.10. The molecule has 1 fully saturated rings. The van der Waals surface area contributed by atoms with Crippen LogP contribution in [0.4, 0.5) is 5.69 Å². The lowest BCUT2D eigenvalue weighted by Crippen LogP contribution is -2.44. The van der Waals surface area contributed by atoms with Gasteiger partial charge in [-0.2, -0.15) is 0 Å². The van der Waals surface area contributed by atoms with Gasteiger partial charge in [0, 0.05) is 45.0 Å². The molecule has 0 amide bonds. The number of rotatable bonds is 7. The first kappa shape index (κ1) is 20.3. The predicted molar refractivity (Wildman–Crippen MR) is 104 cm³/mol. The molecule has 1 aliphatic rings. The van der Waals surface area contributed by atoms with E-state index in [4.69, 9.17) is 9.47 Å². The molecule has 0 aromatic heterocycles. The van der Waals surface area contributed by atoms with Crippen molar-refractivity contribution in [3.8, 4) is 11.5 Å². The molecule has 0 unspecified atom stereocenters. The van der Waals surface area contributed by atoms with E-state index >= 15 is 0 Å². The maximum absolute atomic E-state index is 11.5. The van der Waals surface area contributed by atoms with Crippen molar-refractivity contribution < 1.29 is 17.9 Å². The van der Waals surface area contributed by atoms with E-state index < -0.39 is 9.84 Å². The number of guanidine groups is 1. The van der Waals surface area contributed by atoms with Gasteiger partial charge in [0.15, 0.2) is 27.3 Å². The van der Waals surface area contributed by atoms with Crippen LogP contribution in [0.25, 0.3) is 0 Å². The Bertz CT molecular complexity index is 707. The second-order valence-corrected chi connectivity index (χ2v) is 8.22. The number of ether oxygens (including phenoxy) is 2. The van der Waals surface area contributed by atoms with Gasteiger partial charge >= 0.3 is 0 Å².